The van der Waals surface area contributed by atoms with Gasteiger partial charge in [-0.1, -0.05) is 38.1 Å². The molecule has 0 fully saturated rings. The minimum Gasteiger partial charge on any atom is -0.481 e. The number of amides is 2. The van der Waals surface area contributed by atoms with E-state index in [-0.39, 0.29) is 21.2 Å². The second kappa shape index (κ2) is 10.2. The highest BCUT2D eigenvalue weighted by atomic mass is 32.2. The Kier molecular flexibility index (Phi) is 7.54. The molecule has 12 heteroatoms. The lowest BCUT2D eigenvalue weighted by molar-refractivity contribution is -0.141. The molecular weight excluding hydrogens is 483 g/mol. The number of carbonyl (C=O) groups is 4. The van der Waals surface area contributed by atoms with Gasteiger partial charge in [0, 0.05) is 0 Å². The maximum atomic E-state index is 13.3. The maximum absolute atomic E-state index is 13.3. The molecule has 0 saturated heterocycles. The number of carboxylic acid groups (broad SMARTS) is 1. The van der Waals surface area contributed by atoms with Crippen molar-refractivity contribution in [2.24, 2.45) is 5.92 Å². The smallest absolute Gasteiger partial charge is 0.419 e. The van der Waals surface area contributed by atoms with Crippen LogP contribution in [0.2, 0.25) is 0 Å². The Hall–Kier alpha value is -3.80. The zero-order valence-corrected chi connectivity index (χ0v) is 19.6. The molecule has 0 aromatic heterocycles. The van der Waals surface area contributed by atoms with E-state index < -0.39 is 64.7 Å². The van der Waals surface area contributed by atoms with Crippen LogP contribution in [-0.2, 0) is 29.0 Å². The number of nitrogens with zero attached hydrogens (tertiary/aromatic N) is 1. The minimum atomic E-state index is -3.93. The monoisotopic (exact) mass is 506 g/mol. The van der Waals surface area contributed by atoms with Crippen LogP contribution in [0.4, 0.5) is 20.6 Å². The summed E-state index contributed by atoms with van der Waals surface area (Å²) in [6.45, 7) is 1.60. The second-order valence-electron chi connectivity index (χ2n) is 8.08. The van der Waals surface area contributed by atoms with Gasteiger partial charge in [-0.15, -0.1) is 0 Å². The van der Waals surface area contributed by atoms with Crippen LogP contribution in [0.5, 0.6) is 0 Å². The van der Waals surface area contributed by atoms with Crippen molar-refractivity contribution in [2.75, 3.05) is 11.6 Å². The normalized spacial score (nSPS) is 15.4. The number of para-hydroxylation sites is 2. The molecule has 2 amide bonds. The summed E-state index contributed by atoms with van der Waals surface area (Å²) >= 11 is 0. The van der Waals surface area contributed by atoms with Crippen molar-refractivity contribution in [1.82, 2.24) is 5.32 Å². The van der Waals surface area contributed by atoms with Gasteiger partial charge >= 0.3 is 12.1 Å². The van der Waals surface area contributed by atoms with Crippen molar-refractivity contribution < 1.29 is 41.8 Å². The molecule has 0 saturated carbocycles. The van der Waals surface area contributed by atoms with Crippen molar-refractivity contribution >= 4 is 45.0 Å². The van der Waals surface area contributed by atoms with E-state index in [1.54, 1.807) is 13.8 Å². The zero-order valence-electron chi connectivity index (χ0n) is 18.8. The van der Waals surface area contributed by atoms with Crippen LogP contribution in [0.25, 0.3) is 0 Å². The predicted molar refractivity (Wildman–Crippen MR) is 121 cm³/mol. The predicted octanol–water partition coefficient (Wildman–Crippen LogP) is 2.63. The Balaban J connectivity index is 1.94. The van der Waals surface area contributed by atoms with E-state index in [9.17, 15) is 32.0 Å². The van der Waals surface area contributed by atoms with Crippen LogP contribution in [0.1, 0.15) is 20.3 Å². The zero-order chi connectivity index (χ0) is 25.9. The number of rotatable bonds is 8. The first kappa shape index (κ1) is 25.8. The largest absolute Gasteiger partial charge is 0.481 e. The van der Waals surface area contributed by atoms with Gasteiger partial charge < -0.3 is 15.2 Å². The van der Waals surface area contributed by atoms with Gasteiger partial charge in [-0.2, -0.15) is 0 Å². The lowest BCUT2D eigenvalue weighted by Crippen LogP contribution is -2.50. The van der Waals surface area contributed by atoms with E-state index in [2.05, 4.69) is 5.32 Å². The average molecular weight is 507 g/mol. The number of fused-ring (bicyclic) bond motifs is 2. The fraction of sp³-hybridized carbons (Fsp3) is 0.304. The van der Waals surface area contributed by atoms with E-state index in [1.165, 1.54) is 48.5 Å². The van der Waals surface area contributed by atoms with Crippen LogP contribution in [0, 0.1) is 5.92 Å². The number of hydrogen-bond donors (Lipinski definition) is 2. The number of nitrogens with one attached hydrogen (secondary N) is 1. The number of ether oxygens (including phenoxy) is 1. The summed E-state index contributed by atoms with van der Waals surface area (Å²) in [5.74, 6) is -4.20. The molecule has 0 bridgehead atoms. The number of ketones is 1. The lowest BCUT2D eigenvalue weighted by Gasteiger charge is -2.32. The van der Waals surface area contributed by atoms with Gasteiger partial charge in [-0.3, -0.25) is 14.4 Å². The van der Waals surface area contributed by atoms with Crippen molar-refractivity contribution in [3.8, 4) is 0 Å². The minimum absolute atomic E-state index is 0.0236. The number of benzene rings is 2. The Morgan fingerprint density at radius 1 is 1.00 bits per heavy atom. The standard InChI is InChI=1S/C23H23FN2O8S/c1-13(2)21(22(30)25-14(11-20(28)29)17(27)12-24)34-23(31)26-15-7-3-5-9-18(15)35(32,33)19-10-6-4-8-16(19)26/h3-10,13-14,21H,11-12H2,1-2H3,(H,25,30)(H,28,29). The van der Waals surface area contributed by atoms with E-state index in [0.717, 1.165) is 4.90 Å². The third-order valence-corrected chi connectivity index (χ3v) is 7.13. The molecule has 2 aromatic rings. The van der Waals surface area contributed by atoms with Gasteiger partial charge in [0.25, 0.3) is 5.91 Å². The molecule has 0 radical (unpaired) electrons. The van der Waals surface area contributed by atoms with E-state index in [4.69, 9.17) is 9.84 Å². The van der Waals surface area contributed by atoms with Crippen LogP contribution < -0.4 is 10.2 Å². The van der Waals surface area contributed by atoms with Crippen LogP contribution in [0.15, 0.2) is 58.3 Å². The molecule has 2 N–H and O–H groups in total. The molecule has 0 spiro atoms. The Labute approximate surface area is 200 Å². The number of aliphatic carboxylic acids is 1. The van der Waals surface area contributed by atoms with Gasteiger partial charge in [0.1, 0.15) is 12.7 Å². The van der Waals surface area contributed by atoms with Gasteiger partial charge in [0.15, 0.2) is 11.9 Å². The molecule has 2 aromatic carbocycles. The lowest BCUT2D eigenvalue weighted by atomic mass is 10.0. The SMILES string of the molecule is CC(C)C(OC(=O)N1c2ccccc2S(=O)(=O)c2ccccc21)C(=O)NC(CC(=O)O)C(=O)CF. The highest BCUT2D eigenvalue weighted by molar-refractivity contribution is 7.92. The molecule has 1 aliphatic rings. The summed E-state index contributed by atoms with van der Waals surface area (Å²) in [6, 6.07) is 9.94. The Morgan fingerprint density at radius 3 is 1.97 bits per heavy atom. The van der Waals surface area contributed by atoms with Crippen LogP contribution in [-0.4, -0.2) is 56.1 Å². The Morgan fingerprint density at radius 2 is 1.51 bits per heavy atom. The molecule has 10 nitrogen and oxygen atoms in total. The molecule has 3 rings (SSSR count). The molecule has 186 valence electrons. The topological polar surface area (TPSA) is 147 Å². The number of carboxylic acids is 1. The molecule has 2 unspecified atom stereocenters. The Bertz CT molecular complexity index is 1220. The van der Waals surface area contributed by atoms with E-state index in [0.29, 0.717) is 0 Å². The quantitative estimate of drug-likeness (QED) is 0.555. The van der Waals surface area contributed by atoms with Gasteiger partial charge in [0.2, 0.25) is 9.84 Å². The fourth-order valence-corrected chi connectivity index (χ4v) is 5.23. The maximum Gasteiger partial charge on any atom is 0.419 e. The number of hydrogen-bond acceptors (Lipinski definition) is 7. The average Bonchev–Trinajstić information content (AvgIpc) is 2.81. The van der Waals surface area contributed by atoms with Crippen molar-refractivity contribution in [3.05, 3.63) is 48.5 Å². The number of anilines is 2. The highest BCUT2D eigenvalue weighted by Gasteiger charge is 2.39. The molecule has 35 heavy (non-hydrogen) atoms. The second-order valence-corrected chi connectivity index (χ2v) is 9.97. The number of sulfone groups is 1. The summed E-state index contributed by atoms with van der Waals surface area (Å²) in [4.78, 5) is 49.7. The summed E-state index contributed by atoms with van der Waals surface area (Å²) in [5.41, 5.74) is 0.0472. The summed E-state index contributed by atoms with van der Waals surface area (Å²) in [6.07, 6.45) is -3.41. The van der Waals surface area contributed by atoms with Crippen molar-refractivity contribution in [1.29, 1.82) is 0 Å². The highest BCUT2D eigenvalue weighted by Crippen LogP contribution is 2.44. The number of Topliss-reactive ketones (excluding diaryl/α,β-unsaturated/α-hetero) is 1. The van der Waals surface area contributed by atoms with Crippen molar-refractivity contribution in [2.45, 2.75) is 42.2 Å². The fourth-order valence-electron chi connectivity index (χ4n) is 3.60. The molecule has 0 aliphatic carbocycles. The third-order valence-electron chi connectivity index (χ3n) is 5.28. The first-order chi connectivity index (χ1) is 16.5. The van der Waals surface area contributed by atoms with Crippen molar-refractivity contribution in [3.63, 3.8) is 0 Å². The molecular formula is C23H23FN2O8S. The summed E-state index contributed by atoms with van der Waals surface area (Å²) in [7, 11) is -3.93. The van der Waals surface area contributed by atoms with Gasteiger partial charge in [-0.05, 0) is 30.2 Å². The summed E-state index contributed by atoms with van der Waals surface area (Å²) in [5, 5.41) is 11.1. The molecule has 1 aliphatic heterocycles. The summed E-state index contributed by atoms with van der Waals surface area (Å²) < 4.78 is 44.4. The molecule has 1 heterocycles. The van der Waals surface area contributed by atoms with E-state index >= 15 is 0 Å². The number of halogens is 1. The van der Waals surface area contributed by atoms with Gasteiger partial charge in [0.05, 0.1) is 27.6 Å². The number of alkyl halides is 1. The first-order valence-corrected chi connectivity index (χ1v) is 12.0. The first-order valence-electron chi connectivity index (χ1n) is 10.5. The third kappa shape index (κ3) is 5.16. The van der Waals surface area contributed by atoms with Gasteiger partial charge in [-0.25, -0.2) is 22.5 Å². The van der Waals surface area contributed by atoms with Crippen LogP contribution >= 0.6 is 0 Å². The number of carbonyl (C=O) groups excluding carboxylic acids is 3. The van der Waals surface area contributed by atoms with Crippen LogP contribution in [0.3, 0.4) is 0 Å². The van der Waals surface area contributed by atoms with E-state index in [1.807, 2.05) is 0 Å². The molecule has 2 atom stereocenters.